The molecule has 0 aliphatic heterocycles. The normalized spacial score (nSPS) is 13.0. The van der Waals surface area contributed by atoms with Crippen LogP contribution in [-0.2, 0) is 0 Å². The Hall–Kier alpha value is -0.910. The average Bonchev–Trinajstić information content (AvgIpc) is 2.70. The lowest BCUT2D eigenvalue weighted by atomic mass is 10.1. The topological polar surface area (TPSA) is 38.0 Å². The molecule has 0 amide bonds. The molecule has 3 nitrogen and oxygen atoms in total. The summed E-state index contributed by atoms with van der Waals surface area (Å²) in [6.07, 6.45) is 0.489. The number of hydrogen-bond donors (Lipinski definition) is 1. The molecule has 0 radical (unpaired) electrons. The van der Waals surface area contributed by atoms with Crippen LogP contribution in [0.25, 0.3) is 0 Å². The Kier molecular flexibility index (Phi) is 4.28. The third kappa shape index (κ3) is 2.83. The minimum absolute atomic E-state index is 0.0614. The van der Waals surface area contributed by atoms with Gasteiger partial charge in [0.25, 0.3) is 0 Å². The average molecular weight is 348 g/mol. The Bertz CT molecular complexity index is 600. The summed E-state index contributed by atoms with van der Waals surface area (Å²) in [6.45, 7) is 3.88. The molecular weight excluding hydrogens is 335 g/mol. The molecule has 0 aliphatic rings. The molecular formula is C13H13BrClFN2O. The van der Waals surface area contributed by atoms with E-state index in [1.54, 1.807) is 16.9 Å². The van der Waals surface area contributed by atoms with Crippen molar-refractivity contribution in [3.05, 3.63) is 51.0 Å². The molecule has 0 aliphatic carbocycles. The molecule has 1 unspecified atom stereocenters. The molecule has 0 fully saturated rings. The van der Waals surface area contributed by atoms with Crippen molar-refractivity contribution in [1.82, 2.24) is 9.78 Å². The largest absolute Gasteiger partial charge is 0.382 e. The maximum Gasteiger partial charge on any atom is 0.130 e. The van der Waals surface area contributed by atoms with Crippen LogP contribution >= 0.6 is 27.5 Å². The van der Waals surface area contributed by atoms with Gasteiger partial charge in [-0.15, -0.1) is 0 Å². The quantitative estimate of drug-likeness (QED) is 0.907. The summed E-state index contributed by atoms with van der Waals surface area (Å²) in [4.78, 5) is 0. The number of aliphatic hydroxyl groups excluding tert-OH is 1. The number of nitrogens with zero attached hydrogens (tertiary/aromatic N) is 2. The van der Waals surface area contributed by atoms with Gasteiger partial charge in [0.05, 0.1) is 16.4 Å². The third-order valence-electron chi connectivity index (χ3n) is 2.79. The molecule has 19 heavy (non-hydrogen) atoms. The smallest absolute Gasteiger partial charge is 0.130 e. The number of halogens is 3. The fraction of sp³-hybridized carbons (Fsp3) is 0.308. The third-order valence-corrected chi connectivity index (χ3v) is 3.64. The Morgan fingerprint density at radius 2 is 2.11 bits per heavy atom. The van der Waals surface area contributed by atoms with Crippen molar-refractivity contribution in [3.8, 4) is 0 Å². The van der Waals surface area contributed by atoms with Gasteiger partial charge in [-0.05, 0) is 41.9 Å². The molecule has 1 aromatic heterocycles. The fourth-order valence-electron chi connectivity index (χ4n) is 1.89. The highest BCUT2D eigenvalue weighted by Gasteiger charge is 2.23. The number of benzene rings is 1. The van der Waals surface area contributed by atoms with Crippen molar-refractivity contribution in [2.24, 2.45) is 0 Å². The van der Waals surface area contributed by atoms with Crippen LogP contribution < -0.4 is 0 Å². The summed E-state index contributed by atoms with van der Waals surface area (Å²) >= 11 is 9.04. The van der Waals surface area contributed by atoms with Crippen molar-refractivity contribution in [3.63, 3.8) is 0 Å². The second-order valence-corrected chi connectivity index (χ2v) is 5.78. The molecule has 1 heterocycles. The first-order valence-electron chi connectivity index (χ1n) is 5.77. The second kappa shape index (κ2) is 5.61. The van der Waals surface area contributed by atoms with Crippen molar-refractivity contribution >= 4 is 27.5 Å². The number of aromatic nitrogens is 2. The van der Waals surface area contributed by atoms with Crippen molar-refractivity contribution < 1.29 is 9.50 Å². The van der Waals surface area contributed by atoms with Gasteiger partial charge in [0, 0.05) is 16.6 Å². The van der Waals surface area contributed by atoms with Gasteiger partial charge in [0.1, 0.15) is 11.9 Å². The van der Waals surface area contributed by atoms with Crippen molar-refractivity contribution in [1.29, 1.82) is 0 Å². The second-order valence-electron chi connectivity index (χ2n) is 4.48. The van der Waals surface area contributed by atoms with Gasteiger partial charge in [-0.2, -0.15) is 5.10 Å². The van der Waals surface area contributed by atoms with Crippen LogP contribution in [0.4, 0.5) is 4.39 Å². The van der Waals surface area contributed by atoms with Gasteiger partial charge in [-0.3, -0.25) is 4.68 Å². The minimum Gasteiger partial charge on any atom is -0.382 e. The van der Waals surface area contributed by atoms with E-state index in [1.807, 2.05) is 13.8 Å². The van der Waals surface area contributed by atoms with Gasteiger partial charge in [0.15, 0.2) is 0 Å². The van der Waals surface area contributed by atoms with E-state index in [2.05, 4.69) is 21.0 Å². The first-order chi connectivity index (χ1) is 8.91. The highest BCUT2D eigenvalue weighted by Crippen LogP contribution is 2.32. The van der Waals surface area contributed by atoms with Gasteiger partial charge < -0.3 is 5.11 Å². The maximum absolute atomic E-state index is 13.9. The van der Waals surface area contributed by atoms with Gasteiger partial charge in [-0.25, -0.2) is 4.39 Å². The molecule has 0 bridgehead atoms. The molecule has 1 atom stereocenters. The summed E-state index contributed by atoms with van der Waals surface area (Å²) in [7, 11) is 0. The Morgan fingerprint density at radius 1 is 1.42 bits per heavy atom. The van der Waals surface area contributed by atoms with E-state index in [0.29, 0.717) is 15.2 Å². The summed E-state index contributed by atoms with van der Waals surface area (Å²) in [6, 6.07) is 4.27. The lowest BCUT2D eigenvalue weighted by Gasteiger charge is -2.17. The molecule has 6 heteroatoms. The molecule has 1 N–H and O–H groups in total. The van der Waals surface area contributed by atoms with Crippen molar-refractivity contribution in [2.75, 3.05) is 0 Å². The molecule has 0 saturated carbocycles. The van der Waals surface area contributed by atoms with Crippen LogP contribution in [0.1, 0.15) is 37.3 Å². The molecule has 102 valence electrons. The molecule has 0 spiro atoms. The zero-order chi connectivity index (χ0) is 14.2. The maximum atomic E-state index is 13.9. The summed E-state index contributed by atoms with van der Waals surface area (Å²) < 4.78 is 16.2. The highest BCUT2D eigenvalue weighted by molar-refractivity contribution is 9.10. The van der Waals surface area contributed by atoms with E-state index in [-0.39, 0.29) is 11.6 Å². The fourth-order valence-corrected chi connectivity index (χ4v) is 2.54. The highest BCUT2D eigenvalue weighted by atomic mass is 79.9. The number of hydrogen-bond acceptors (Lipinski definition) is 2. The van der Waals surface area contributed by atoms with Gasteiger partial charge in [0.2, 0.25) is 0 Å². The first kappa shape index (κ1) is 14.5. The predicted octanol–water partition coefficient (Wildman–Crippen LogP) is 4.10. The van der Waals surface area contributed by atoms with Crippen molar-refractivity contribution in [2.45, 2.75) is 26.0 Å². The van der Waals surface area contributed by atoms with E-state index in [1.165, 1.54) is 12.1 Å². The standard InChI is InChI=1S/C13H13BrClFN2O/c1-7(2)18-12(10(14)6-17-18)13(19)9-4-3-8(15)5-11(9)16/h3-7,13,19H,1-2H3. The van der Waals surface area contributed by atoms with E-state index in [0.717, 1.165) is 0 Å². The summed E-state index contributed by atoms with van der Waals surface area (Å²) in [5.41, 5.74) is 0.698. The summed E-state index contributed by atoms with van der Waals surface area (Å²) in [5.74, 6) is -0.539. The molecule has 0 saturated heterocycles. The predicted molar refractivity (Wildman–Crippen MR) is 75.8 cm³/mol. The van der Waals surface area contributed by atoms with Crippen LogP contribution in [0.5, 0.6) is 0 Å². The molecule has 2 rings (SSSR count). The number of rotatable bonds is 3. The Labute approximate surface area is 124 Å². The van der Waals surface area contributed by atoms with Crippen LogP contribution in [-0.4, -0.2) is 14.9 Å². The van der Waals surface area contributed by atoms with E-state index in [4.69, 9.17) is 11.6 Å². The SMILES string of the molecule is CC(C)n1ncc(Br)c1C(O)c1ccc(Cl)cc1F. The monoisotopic (exact) mass is 346 g/mol. The minimum atomic E-state index is -1.10. The van der Waals surface area contributed by atoms with E-state index >= 15 is 0 Å². The lowest BCUT2D eigenvalue weighted by molar-refractivity contribution is 0.199. The Balaban J connectivity index is 2.49. The first-order valence-corrected chi connectivity index (χ1v) is 6.94. The van der Waals surface area contributed by atoms with Crippen LogP contribution in [0.15, 0.2) is 28.9 Å². The lowest BCUT2D eigenvalue weighted by Crippen LogP contribution is -2.13. The van der Waals surface area contributed by atoms with Crippen LogP contribution in [0.2, 0.25) is 5.02 Å². The van der Waals surface area contributed by atoms with Crippen LogP contribution in [0, 0.1) is 5.82 Å². The summed E-state index contributed by atoms with van der Waals surface area (Å²) in [5, 5.41) is 14.9. The van der Waals surface area contributed by atoms with Gasteiger partial charge >= 0.3 is 0 Å². The zero-order valence-electron chi connectivity index (χ0n) is 10.4. The number of aliphatic hydroxyl groups is 1. The molecule has 1 aromatic carbocycles. The Morgan fingerprint density at radius 3 is 2.68 bits per heavy atom. The zero-order valence-corrected chi connectivity index (χ0v) is 12.8. The molecule has 2 aromatic rings. The van der Waals surface area contributed by atoms with E-state index < -0.39 is 11.9 Å². The van der Waals surface area contributed by atoms with Crippen LogP contribution in [0.3, 0.4) is 0 Å². The van der Waals surface area contributed by atoms with Gasteiger partial charge in [-0.1, -0.05) is 17.7 Å². The van der Waals surface area contributed by atoms with E-state index in [9.17, 15) is 9.50 Å².